The van der Waals surface area contributed by atoms with Crippen LogP contribution in [0.15, 0.2) is 64.8 Å². The van der Waals surface area contributed by atoms with Crippen LogP contribution in [0.2, 0.25) is 5.02 Å². The largest absolute Gasteiger partial charge is 0.495 e. The fourth-order valence-electron chi connectivity index (χ4n) is 3.02. The number of methoxy groups -OCH3 is 1. The van der Waals surface area contributed by atoms with Gasteiger partial charge < -0.3 is 10.1 Å². The van der Waals surface area contributed by atoms with Crippen molar-refractivity contribution in [1.29, 1.82) is 0 Å². The van der Waals surface area contributed by atoms with E-state index in [0.717, 1.165) is 10.3 Å². The molecular formula is C21H16ClN3O3S. The summed E-state index contributed by atoms with van der Waals surface area (Å²) in [6, 6.07) is 16.1. The standard InChI is InChI=1S/C21H16ClN3O3S/c1-28-17-9-8-13(11-16(17)22)23-19(26)12-25-21(27)15-6-3-2-5-14(15)20(24-25)18-7-4-10-29-18/h2-11H,12H2,1H3,(H,23,26). The van der Waals surface area contributed by atoms with Crippen molar-refractivity contribution in [1.82, 2.24) is 9.78 Å². The molecule has 0 bridgehead atoms. The summed E-state index contributed by atoms with van der Waals surface area (Å²) in [6.07, 6.45) is 0. The summed E-state index contributed by atoms with van der Waals surface area (Å²) in [7, 11) is 1.52. The first kappa shape index (κ1) is 19.2. The van der Waals surface area contributed by atoms with Crippen LogP contribution in [-0.4, -0.2) is 22.8 Å². The molecule has 2 heterocycles. The summed E-state index contributed by atoms with van der Waals surface area (Å²) >= 11 is 7.63. The minimum Gasteiger partial charge on any atom is -0.495 e. The molecule has 4 rings (SSSR count). The van der Waals surface area contributed by atoms with Gasteiger partial charge in [0.15, 0.2) is 0 Å². The zero-order chi connectivity index (χ0) is 20.4. The number of anilines is 1. The van der Waals surface area contributed by atoms with Crippen LogP contribution in [0.4, 0.5) is 5.69 Å². The van der Waals surface area contributed by atoms with Crippen LogP contribution in [0.3, 0.4) is 0 Å². The van der Waals surface area contributed by atoms with Gasteiger partial charge in [-0.3, -0.25) is 9.59 Å². The number of aromatic nitrogens is 2. The molecule has 0 aliphatic heterocycles. The van der Waals surface area contributed by atoms with Crippen molar-refractivity contribution >= 4 is 45.3 Å². The molecule has 2 aromatic carbocycles. The van der Waals surface area contributed by atoms with Crippen molar-refractivity contribution < 1.29 is 9.53 Å². The number of fused-ring (bicyclic) bond motifs is 1. The van der Waals surface area contributed by atoms with Crippen molar-refractivity contribution in [2.24, 2.45) is 0 Å². The number of hydrogen-bond donors (Lipinski definition) is 1. The van der Waals surface area contributed by atoms with Crippen LogP contribution in [0.1, 0.15) is 0 Å². The molecule has 0 aliphatic rings. The molecule has 0 saturated carbocycles. The maximum atomic E-state index is 12.9. The minimum absolute atomic E-state index is 0.217. The SMILES string of the molecule is COc1ccc(NC(=O)Cn2nc(-c3cccs3)c3ccccc3c2=O)cc1Cl. The Balaban J connectivity index is 1.67. The highest BCUT2D eigenvalue weighted by Gasteiger charge is 2.15. The Kier molecular flexibility index (Phi) is 5.33. The van der Waals surface area contributed by atoms with Crippen LogP contribution in [-0.2, 0) is 11.3 Å². The van der Waals surface area contributed by atoms with Gasteiger partial charge in [-0.1, -0.05) is 35.9 Å². The Morgan fingerprint density at radius 2 is 1.97 bits per heavy atom. The number of ether oxygens (including phenoxy) is 1. The lowest BCUT2D eigenvalue weighted by Gasteiger charge is -2.11. The average Bonchev–Trinajstić information content (AvgIpc) is 3.25. The van der Waals surface area contributed by atoms with Crippen LogP contribution in [0.5, 0.6) is 5.75 Å². The van der Waals surface area contributed by atoms with Crippen molar-refractivity contribution in [3.8, 4) is 16.3 Å². The third-order valence-corrected chi connectivity index (χ3v) is 5.52. The molecule has 0 fully saturated rings. The van der Waals surface area contributed by atoms with Gasteiger partial charge in [0.25, 0.3) is 5.56 Å². The second-order valence-electron chi connectivity index (χ2n) is 6.23. The van der Waals surface area contributed by atoms with Gasteiger partial charge in [0.2, 0.25) is 5.91 Å². The van der Waals surface area contributed by atoms with E-state index in [2.05, 4.69) is 10.4 Å². The topological polar surface area (TPSA) is 73.2 Å². The van der Waals surface area contributed by atoms with Gasteiger partial charge in [0.1, 0.15) is 18.0 Å². The predicted octanol–water partition coefficient (Wildman–Crippen LogP) is 4.43. The quantitative estimate of drug-likeness (QED) is 0.513. The molecule has 1 amide bonds. The van der Waals surface area contributed by atoms with Crippen molar-refractivity contribution in [2.45, 2.75) is 6.54 Å². The number of carbonyl (C=O) groups is 1. The third-order valence-electron chi connectivity index (χ3n) is 4.35. The van der Waals surface area contributed by atoms with E-state index in [4.69, 9.17) is 16.3 Å². The highest BCUT2D eigenvalue weighted by atomic mass is 35.5. The lowest BCUT2D eigenvalue weighted by atomic mass is 10.1. The number of thiophene rings is 1. The molecule has 2 aromatic heterocycles. The Hall–Kier alpha value is -3.16. The molecule has 4 aromatic rings. The van der Waals surface area contributed by atoms with Crippen LogP contribution >= 0.6 is 22.9 Å². The van der Waals surface area contributed by atoms with Crippen LogP contribution in [0.25, 0.3) is 21.3 Å². The lowest BCUT2D eigenvalue weighted by Crippen LogP contribution is -2.30. The van der Waals surface area contributed by atoms with Crippen LogP contribution < -0.4 is 15.6 Å². The Morgan fingerprint density at radius 1 is 1.17 bits per heavy atom. The van der Waals surface area contributed by atoms with E-state index in [1.54, 1.807) is 30.3 Å². The molecule has 8 heteroatoms. The van der Waals surface area contributed by atoms with Crippen molar-refractivity contribution in [3.05, 3.63) is 75.4 Å². The number of halogens is 1. The smallest absolute Gasteiger partial charge is 0.275 e. The highest BCUT2D eigenvalue weighted by molar-refractivity contribution is 7.13. The molecule has 1 N–H and O–H groups in total. The van der Waals surface area contributed by atoms with E-state index in [1.807, 2.05) is 29.6 Å². The number of nitrogens with zero attached hydrogens (tertiary/aromatic N) is 2. The number of amides is 1. The molecule has 0 radical (unpaired) electrons. The van der Waals surface area contributed by atoms with Crippen molar-refractivity contribution in [2.75, 3.05) is 12.4 Å². The number of rotatable bonds is 5. The van der Waals surface area contributed by atoms with Gasteiger partial charge in [-0.2, -0.15) is 5.10 Å². The molecule has 29 heavy (non-hydrogen) atoms. The first-order chi connectivity index (χ1) is 14.1. The average molecular weight is 426 g/mol. The summed E-state index contributed by atoms with van der Waals surface area (Å²) in [5.41, 5.74) is 0.868. The van der Waals surface area contributed by atoms with E-state index >= 15 is 0 Å². The summed E-state index contributed by atoms with van der Waals surface area (Å²) in [5.74, 6) is 0.130. The van der Waals surface area contributed by atoms with Crippen LogP contribution in [0, 0.1) is 0 Å². The first-order valence-electron chi connectivity index (χ1n) is 8.74. The lowest BCUT2D eigenvalue weighted by molar-refractivity contribution is -0.117. The number of hydrogen-bond acceptors (Lipinski definition) is 5. The molecule has 0 aliphatic carbocycles. The number of nitrogens with one attached hydrogen (secondary N) is 1. The van der Waals surface area contributed by atoms with E-state index in [0.29, 0.717) is 27.5 Å². The molecule has 146 valence electrons. The molecule has 6 nitrogen and oxygen atoms in total. The zero-order valence-corrected chi connectivity index (χ0v) is 17.0. The second kappa shape index (κ2) is 8.06. The van der Waals surface area contributed by atoms with Gasteiger partial charge in [0, 0.05) is 11.1 Å². The zero-order valence-electron chi connectivity index (χ0n) is 15.4. The maximum absolute atomic E-state index is 12.9. The van der Waals surface area contributed by atoms with Gasteiger partial charge >= 0.3 is 0 Å². The Labute approximate surface area is 175 Å². The predicted molar refractivity (Wildman–Crippen MR) is 116 cm³/mol. The fourth-order valence-corrected chi connectivity index (χ4v) is 4.00. The maximum Gasteiger partial charge on any atom is 0.275 e. The molecule has 0 spiro atoms. The first-order valence-corrected chi connectivity index (χ1v) is 9.99. The van der Waals surface area contributed by atoms with E-state index < -0.39 is 0 Å². The third kappa shape index (κ3) is 3.87. The second-order valence-corrected chi connectivity index (χ2v) is 7.59. The summed E-state index contributed by atoms with van der Waals surface area (Å²) in [6.45, 7) is -0.217. The Bertz CT molecular complexity index is 1250. The Morgan fingerprint density at radius 3 is 2.66 bits per heavy atom. The van der Waals surface area contributed by atoms with Gasteiger partial charge in [0.05, 0.1) is 22.4 Å². The monoisotopic (exact) mass is 425 g/mol. The van der Waals surface area contributed by atoms with Gasteiger partial charge in [-0.05, 0) is 35.7 Å². The van der Waals surface area contributed by atoms with Crippen molar-refractivity contribution in [3.63, 3.8) is 0 Å². The van der Waals surface area contributed by atoms with Gasteiger partial charge in [-0.15, -0.1) is 11.3 Å². The molecular weight excluding hydrogens is 410 g/mol. The molecule has 0 atom stereocenters. The molecule has 0 saturated heterocycles. The minimum atomic E-state index is -0.381. The molecule has 0 unspecified atom stereocenters. The van der Waals surface area contributed by atoms with E-state index in [9.17, 15) is 9.59 Å². The van der Waals surface area contributed by atoms with E-state index in [-0.39, 0.29) is 18.0 Å². The van der Waals surface area contributed by atoms with E-state index in [1.165, 1.54) is 23.1 Å². The summed E-state index contributed by atoms with van der Waals surface area (Å²) in [4.78, 5) is 26.3. The highest BCUT2D eigenvalue weighted by Crippen LogP contribution is 2.29. The number of carbonyl (C=O) groups excluding carboxylic acids is 1. The normalized spacial score (nSPS) is 10.8. The summed E-state index contributed by atoms with van der Waals surface area (Å²) < 4.78 is 6.30. The fraction of sp³-hybridized carbons (Fsp3) is 0.0952. The summed E-state index contributed by atoms with van der Waals surface area (Å²) in [5, 5.41) is 10.8. The van der Waals surface area contributed by atoms with Gasteiger partial charge in [-0.25, -0.2) is 4.68 Å². The number of benzene rings is 2.